The summed E-state index contributed by atoms with van der Waals surface area (Å²) in [5.74, 6) is 1.25. The molecule has 0 N–H and O–H groups in total. The molecule has 5 heteroatoms. The zero-order valence-corrected chi connectivity index (χ0v) is 11.6. The van der Waals surface area contributed by atoms with Gasteiger partial charge in [0, 0.05) is 10.0 Å². The molecule has 17 heavy (non-hydrogen) atoms. The number of nitrogens with zero attached hydrogens (tertiary/aromatic N) is 3. The maximum absolute atomic E-state index is 5.26. The van der Waals surface area contributed by atoms with E-state index in [1.807, 2.05) is 50.2 Å². The molecule has 0 aliphatic carbocycles. The lowest BCUT2D eigenvalue weighted by atomic mass is 10.2. The zero-order valence-electron chi connectivity index (χ0n) is 10.0. The van der Waals surface area contributed by atoms with E-state index < -0.39 is 0 Å². The van der Waals surface area contributed by atoms with Crippen LogP contribution in [0.4, 0.5) is 0 Å². The van der Waals surface area contributed by atoms with Gasteiger partial charge in [-0.15, -0.1) is 0 Å². The predicted octanol–water partition coefficient (Wildman–Crippen LogP) is 3.12. The average Bonchev–Trinajstić information content (AvgIpc) is 2.77. The van der Waals surface area contributed by atoms with E-state index in [0.29, 0.717) is 11.7 Å². The molecule has 0 fully saturated rings. The van der Waals surface area contributed by atoms with Crippen molar-refractivity contribution in [1.29, 1.82) is 0 Å². The topological polar surface area (TPSA) is 42.2 Å². The summed E-state index contributed by atoms with van der Waals surface area (Å²) in [5, 5.41) is 4.00. The van der Waals surface area contributed by atoms with Gasteiger partial charge < -0.3 is 4.52 Å². The molecule has 0 unspecified atom stereocenters. The van der Waals surface area contributed by atoms with Gasteiger partial charge in [-0.3, -0.25) is 4.90 Å². The first-order valence-corrected chi connectivity index (χ1v) is 6.13. The summed E-state index contributed by atoms with van der Waals surface area (Å²) in [7, 11) is 3.96. The average molecular weight is 296 g/mol. The second-order valence-corrected chi connectivity index (χ2v) is 5.02. The fraction of sp³-hybridized carbons (Fsp3) is 0.333. The highest BCUT2D eigenvalue weighted by Crippen LogP contribution is 2.23. The van der Waals surface area contributed by atoms with Gasteiger partial charge in [-0.2, -0.15) is 4.98 Å². The first-order chi connectivity index (χ1) is 8.08. The largest absolute Gasteiger partial charge is 0.337 e. The minimum Gasteiger partial charge on any atom is -0.337 e. The van der Waals surface area contributed by atoms with Gasteiger partial charge in [0.2, 0.25) is 11.7 Å². The van der Waals surface area contributed by atoms with Gasteiger partial charge in [0.1, 0.15) is 0 Å². The summed E-state index contributed by atoms with van der Waals surface area (Å²) in [4.78, 5) is 6.43. The molecule has 0 saturated carbocycles. The number of benzene rings is 1. The van der Waals surface area contributed by atoms with Crippen molar-refractivity contribution in [2.75, 3.05) is 14.1 Å². The highest BCUT2D eigenvalue weighted by atomic mass is 79.9. The minimum atomic E-state index is 0.114. The molecule has 2 aromatic rings. The van der Waals surface area contributed by atoms with E-state index in [9.17, 15) is 0 Å². The molecule has 1 aromatic heterocycles. The summed E-state index contributed by atoms with van der Waals surface area (Å²) in [5.41, 5.74) is 0.945. The third kappa shape index (κ3) is 2.73. The van der Waals surface area contributed by atoms with Crippen molar-refractivity contribution in [2.24, 2.45) is 0 Å². The first-order valence-electron chi connectivity index (χ1n) is 5.34. The van der Waals surface area contributed by atoms with Crippen molar-refractivity contribution in [2.45, 2.75) is 13.0 Å². The third-order valence-corrected chi connectivity index (χ3v) is 3.15. The molecule has 0 aliphatic heterocycles. The van der Waals surface area contributed by atoms with E-state index in [0.717, 1.165) is 10.0 Å². The molecule has 2 rings (SSSR count). The van der Waals surface area contributed by atoms with Crippen LogP contribution in [0.3, 0.4) is 0 Å². The van der Waals surface area contributed by atoms with Crippen molar-refractivity contribution in [3.8, 4) is 11.4 Å². The number of rotatable bonds is 3. The molecule has 0 saturated heterocycles. The van der Waals surface area contributed by atoms with Crippen molar-refractivity contribution in [3.05, 3.63) is 34.6 Å². The molecule has 0 spiro atoms. The quantitative estimate of drug-likeness (QED) is 0.872. The Morgan fingerprint density at radius 2 is 2.12 bits per heavy atom. The molecule has 1 aromatic carbocycles. The molecule has 1 heterocycles. The monoisotopic (exact) mass is 295 g/mol. The van der Waals surface area contributed by atoms with Crippen LogP contribution in [0.15, 0.2) is 33.3 Å². The van der Waals surface area contributed by atoms with Crippen LogP contribution in [0.2, 0.25) is 0 Å². The molecule has 0 aliphatic rings. The zero-order chi connectivity index (χ0) is 12.4. The smallest absolute Gasteiger partial charge is 0.244 e. The van der Waals surface area contributed by atoms with Crippen LogP contribution >= 0.6 is 15.9 Å². The van der Waals surface area contributed by atoms with Crippen molar-refractivity contribution >= 4 is 15.9 Å². The number of hydrogen-bond acceptors (Lipinski definition) is 4. The lowest BCUT2D eigenvalue weighted by Crippen LogP contribution is -2.16. The van der Waals surface area contributed by atoms with Crippen LogP contribution < -0.4 is 0 Å². The van der Waals surface area contributed by atoms with E-state index in [2.05, 4.69) is 26.1 Å². The fourth-order valence-corrected chi connectivity index (χ4v) is 1.77. The second kappa shape index (κ2) is 4.98. The van der Waals surface area contributed by atoms with Crippen molar-refractivity contribution in [3.63, 3.8) is 0 Å². The number of hydrogen-bond donors (Lipinski definition) is 0. The van der Waals surface area contributed by atoms with E-state index in [4.69, 9.17) is 4.52 Å². The Morgan fingerprint density at radius 3 is 2.76 bits per heavy atom. The molecule has 0 radical (unpaired) electrons. The molecule has 90 valence electrons. The van der Waals surface area contributed by atoms with Gasteiger partial charge in [-0.1, -0.05) is 33.2 Å². The molecular weight excluding hydrogens is 282 g/mol. The van der Waals surface area contributed by atoms with Crippen LogP contribution in [0.25, 0.3) is 11.4 Å². The lowest BCUT2D eigenvalue weighted by molar-refractivity contribution is 0.245. The minimum absolute atomic E-state index is 0.114. The highest BCUT2D eigenvalue weighted by Gasteiger charge is 2.16. The Kier molecular flexibility index (Phi) is 3.59. The summed E-state index contributed by atoms with van der Waals surface area (Å²) in [6, 6.07) is 7.95. The standard InChI is InChI=1S/C12H14BrN3O/c1-8(16(2)3)12-14-11(15-17-12)9-5-4-6-10(13)7-9/h4-8H,1-3H3/t8-/m0/s1. The Hall–Kier alpha value is -1.20. The number of aromatic nitrogens is 2. The van der Waals surface area contributed by atoms with E-state index in [-0.39, 0.29) is 6.04 Å². The Morgan fingerprint density at radius 1 is 1.35 bits per heavy atom. The van der Waals surface area contributed by atoms with Crippen LogP contribution in [-0.2, 0) is 0 Å². The van der Waals surface area contributed by atoms with E-state index in [1.54, 1.807) is 0 Å². The van der Waals surface area contributed by atoms with Gasteiger partial charge in [-0.05, 0) is 33.2 Å². The van der Waals surface area contributed by atoms with Crippen LogP contribution in [0.1, 0.15) is 18.9 Å². The fourth-order valence-electron chi connectivity index (χ4n) is 1.37. The molecule has 4 nitrogen and oxygen atoms in total. The second-order valence-electron chi connectivity index (χ2n) is 4.11. The third-order valence-electron chi connectivity index (χ3n) is 2.66. The molecule has 0 amide bonds. The molecule has 1 atom stereocenters. The van der Waals surface area contributed by atoms with Gasteiger partial charge in [0.05, 0.1) is 6.04 Å². The number of halogens is 1. The van der Waals surface area contributed by atoms with E-state index in [1.165, 1.54) is 0 Å². The summed E-state index contributed by atoms with van der Waals surface area (Å²) in [6.45, 7) is 2.03. The van der Waals surface area contributed by atoms with Gasteiger partial charge in [0.25, 0.3) is 0 Å². The first kappa shape index (κ1) is 12.3. The van der Waals surface area contributed by atoms with Crippen LogP contribution in [0, 0.1) is 0 Å². The van der Waals surface area contributed by atoms with Crippen molar-refractivity contribution < 1.29 is 4.52 Å². The molecule has 0 bridgehead atoms. The summed E-state index contributed by atoms with van der Waals surface area (Å²) < 4.78 is 6.27. The highest BCUT2D eigenvalue weighted by molar-refractivity contribution is 9.10. The SMILES string of the molecule is C[C@@H](c1nc(-c2cccc(Br)c2)no1)N(C)C. The Labute approximate surface area is 109 Å². The normalized spacial score (nSPS) is 13.0. The summed E-state index contributed by atoms with van der Waals surface area (Å²) >= 11 is 3.42. The Bertz CT molecular complexity index is 510. The van der Waals surface area contributed by atoms with Gasteiger partial charge in [0.15, 0.2) is 0 Å². The van der Waals surface area contributed by atoms with Gasteiger partial charge in [-0.25, -0.2) is 0 Å². The van der Waals surface area contributed by atoms with Crippen LogP contribution in [0.5, 0.6) is 0 Å². The summed E-state index contributed by atoms with van der Waals surface area (Å²) in [6.07, 6.45) is 0. The maximum atomic E-state index is 5.26. The van der Waals surface area contributed by atoms with E-state index >= 15 is 0 Å². The Balaban J connectivity index is 2.30. The van der Waals surface area contributed by atoms with Crippen LogP contribution in [-0.4, -0.2) is 29.1 Å². The lowest BCUT2D eigenvalue weighted by Gasteiger charge is -2.14. The van der Waals surface area contributed by atoms with Gasteiger partial charge >= 0.3 is 0 Å². The molecular formula is C12H14BrN3O. The maximum Gasteiger partial charge on any atom is 0.244 e. The van der Waals surface area contributed by atoms with Crippen molar-refractivity contribution in [1.82, 2.24) is 15.0 Å². The predicted molar refractivity (Wildman–Crippen MR) is 69.5 cm³/mol.